The van der Waals surface area contributed by atoms with E-state index in [1.54, 1.807) is 17.0 Å². The van der Waals surface area contributed by atoms with Crippen molar-refractivity contribution in [3.63, 3.8) is 0 Å². The van der Waals surface area contributed by atoms with Gasteiger partial charge < -0.3 is 15.0 Å². The van der Waals surface area contributed by atoms with Crippen LogP contribution in [-0.4, -0.2) is 42.5 Å². The quantitative estimate of drug-likeness (QED) is 0.821. The number of rotatable bonds is 1. The molecule has 3 rings (SSSR count). The molecule has 5 heteroatoms. The summed E-state index contributed by atoms with van der Waals surface area (Å²) >= 11 is 0. The van der Waals surface area contributed by atoms with Crippen molar-refractivity contribution in [1.82, 2.24) is 4.90 Å². The first-order valence-corrected chi connectivity index (χ1v) is 6.47. The highest BCUT2D eigenvalue weighted by Crippen LogP contribution is 2.25. The molecule has 2 aliphatic heterocycles. The largest absolute Gasteiger partial charge is 0.375 e. The maximum atomic E-state index is 12.4. The van der Waals surface area contributed by atoms with Crippen LogP contribution in [0.3, 0.4) is 0 Å². The highest BCUT2D eigenvalue weighted by Gasteiger charge is 2.24. The predicted octanol–water partition coefficient (Wildman–Crippen LogP) is 1.04. The van der Waals surface area contributed by atoms with Crippen molar-refractivity contribution in [2.24, 2.45) is 0 Å². The van der Waals surface area contributed by atoms with Crippen molar-refractivity contribution >= 4 is 17.5 Å². The number of hydrogen-bond acceptors (Lipinski definition) is 3. The molecule has 100 valence electrons. The van der Waals surface area contributed by atoms with Crippen molar-refractivity contribution < 1.29 is 14.3 Å². The van der Waals surface area contributed by atoms with Crippen LogP contribution in [0, 0.1) is 0 Å². The van der Waals surface area contributed by atoms with E-state index >= 15 is 0 Å². The number of fused-ring (bicyclic) bond motifs is 1. The summed E-state index contributed by atoms with van der Waals surface area (Å²) in [6.07, 6.45) is 0.477. The van der Waals surface area contributed by atoms with E-state index in [2.05, 4.69) is 5.32 Å². The van der Waals surface area contributed by atoms with Crippen molar-refractivity contribution in [1.29, 1.82) is 0 Å². The lowest BCUT2D eigenvalue weighted by molar-refractivity contribution is -0.115. The maximum Gasteiger partial charge on any atom is 0.254 e. The number of carbonyl (C=O) groups is 2. The molecule has 2 amide bonds. The first-order chi connectivity index (χ1) is 9.13. The van der Waals surface area contributed by atoms with Crippen LogP contribution in [-0.2, 0) is 16.0 Å². The molecule has 0 radical (unpaired) electrons. The Morgan fingerprint density at radius 2 is 2.32 bits per heavy atom. The van der Waals surface area contributed by atoms with E-state index in [1.807, 2.05) is 13.0 Å². The highest BCUT2D eigenvalue weighted by atomic mass is 16.5. The van der Waals surface area contributed by atoms with Gasteiger partial charge in [-0.3, -0.25) is 9.59 Å². The Hall–Kier alpha value is -1.88. The molecule has 1 fully saturated rings. The molecule has 0 bridgehead atoms. The number of amides is 2. The van der Waals surface area contributed by atoms with E-state index in [9.17, 15) is 9.59 Å². The number of benzene rings is 1. The van der Waals surface area contributed by atoms with E-state index < -0.39 is 0 Å². The number of nitrogens with zero attached hydrogens (tertiary/aromatic N) is 1. The monoisotopic (exact) mass is 260 g/mol. The van der Waals surface area contributed by atoms with Crippen molar-refractivity contribution in [3.05, 3.63) is 29.3 Å². The Bertz CT molecular complexity index is 541. The summed E-state index contributed by atoms with van der Waals surface area (Å²) in [5.41, 5.74) is 2.34. The van der Waals surface area contributed by atoms with Crippen LogP contribution in [0.2, 0.25) is 0 Å². The summed E-state index contributed by atoms with van der Waals surface area (Å²) in [5, 5.41) is 2.77. The number of nitrogens with one attached hydrogen (secondary N) is 1. The second-order valence-corrected chi connectivity index (χ2v) is 5.03. The lowest BCUT2D eigenvalue weighted by atomic mass is 10.1. The molecule has 1 unspecified atom stereocenters. The average molecular weight is 260 g/mol. The van der Waals surface area contributed by atoms with Gasteiger partial charge in [0.15, 0.2) is 0 Å². The summed E-state index contributed by atoms with van der Waals surface area (Å²) in [4.78, 5) is 25.5. The zero-order valence-corrected chi connectivity index (χ0v) is 10.8. The first-order valence-electron chi connectivity index (χ1n) is 6.47. The van der Waals surface area contributed by atoms with E-state index in [-0.39, 0.29) is 17.9 Å². The second kappa shape index (κ2) is 4.66. The predicted molar refractivity (Wildman–Crippen MR) is 70.1 cm³/mol. The number of hydrogen-bond donors (Lipinski definition) is 1. The Kier molecular flexibility index (Phi) is 2.98. The molecule has 0 saturated carbocycles. The molecule has 0 spiro atoms. The number of morpholine rings is 1. The van der Waals surface area contributed by atoms with Gasteiger partial charge in [-0.05, 0) is 24.6 Å². The standard InChI is InChI=1S/C14H16N2O3/c1-9-8-16(4-5-19-9)14(18)11-3-2-10-7-13(17)15-12(10)6-11/h2-3,6,9H,4-5,7-8H2,1H3,(H,15,17). The number of carbonyl (C=O) groups excluding carboxylic acids is 2. The van der Waals surface area contributed by atoms with E-state index in [1.165, 1.54) is 0 Å². The molecule has 0 aliphatic carbocycles. The smallest absolute Gasteiger partial charge is 0.254 e. The summed E-state index contributed by atoms with van der Waals surface area (Å²) in [7, 11) is 0. The zero-order valence-electron chi connectivity index (χ0n) is 10.8. The molecule has 0 aromatic heterocycles. The lowest BCUT2D eigenvalue weighted by Crippen LogP contribution is -2.44. The van der Waals surface area contributed by atoms with Gasteiger partial charge in [-0.15, -0.1) is 0 Å². The fourth-order valence-corrected chi connectivity index (χ4v) is 2.53. The molecule has 1 atom stereocenters. The minimum Gasteiger partial charge on any atom is -0.375 e. The van der Waals surface area contributed by atoms with Gasteiger partial charge in [-0.1, -0.05) is 6.07 Å². The van der Waals surface area contributed by atoms with Crippen LogP contribution in [0.1, 0.15) is 22.8 Å². The molecular weight excluding hydrogens is 244 g/mol. The topological polar surface area (TPSA) is 58.6 Å². The fourth-order valence-electron chi connectivity index (χ4n) is 2.53. The zero-order chi connectivity index (χ0) is 13.4. The van der Waals surface area contributed by atoms with Crippen molar-refractivity contribution in [3.8, 4) is 0 Å². The van der Waals surface area contributed by atoms with Crippen LogP contribution in [0.25, 0.3) is 0 Å². The summed E-state index contributed by atoms with van der Waals surface area (Å²) < 4.78 is 5.43. The molecule has 1 aromatic carbocycles. The summed E-state index contributed by atoms with van der Waals surface area (Å²) in [5.74, 6) is -0.0151. The van der Waals surface area contributed by atoms with Crippen molar-refractivity contribution in [2.75, 3.05) is 25.0 Å². The normalized spacial score (nSPS) is 22.1. The third-order valence-corrected chi connectivity index (χ3v) is 3.51. The van der Waals surface area contributed by atoms with Gasteiger partial charge in [0.05, 0.1) is 19.1 Å². The van der Waals surface area contributed by atoms with Gasteiger partial charge in [0.2, 0.25) is 5.91 Å². The average Bonchev–Trinajstić information content (AvgIpc) is 2.76. The van der Waals surface area contributed by atoms with Gasteiger partial charge in [0.1, 0.15) is 0 Å². The van der Waals surface area contributed by atoms with Crippen LogP contribution in [0.4, 0.5) is 5.69 Å². The van der Waals surface area contributed by atoms with E-state index in [0.29, 0.717) is 31.7 Å². The molecule has 5 nitrogen and oxygen atoms in total. The van der Waals surface area contributed by atoms with Gasteiger partial charge in [0, 0.05) is 24.3 Å². The van der Waals surface area contributed by atoms with Crippen LogP contribution in [0.15, 0.2) is 18.2 Å². The number of anilines is 1. The molecule has 1 saturated heterocycles. The third-order valence-electron chi connectivity index (χ3n) is 3.51. The minimum absolute atomic E-state index is 0.000834. The molecule has 19 heavy (non-hydrogen) atoms. The maximum absolute atomic E-state index is 12.4. The SMILES string of the molecule is CC1CN(C(=O)c2ccc3c(c2)NC(=O)C3)CCO1. The molecule has 2 aliphatic rings. The molecule has 1 aromatic rings. The van der Waals surface area contributed by atoms with E-state index in [4.69, 9.17) is 4.74 Å². The minimum atomic E-state index is -0.0143. The number of ether oxygens (including phenoxy) is 1. The summed E-state index contributed by atoms with van der Waals surface area (Å²) in [6, 6.07) is 5.41. The van der Waals surface area contributed by atoms with E-state index in [0.717, 1.165) is 11.3 Å². The fraction of sp³-hybridized carbons (Fsp3) is 0.429. The first kappa shape index (κ1) is 12.2. The summed E-state index contributed by atoms with van der Waals surface area (Å²) in [6.45, 7) is 3.77. The van der Waals surface area contributed by atoms with Crippen molar-refractivity contribution in [2.45, 2.75) is 19.4 Å². The van der Waals surface area contributed by atoms with Gasteiger partial charge in [-0.25, -0.2) is 0 Å². The molecule has 1 N–H and O–H groups in total. The lowest BCUT2D eigenvalue weighted by Gasteiger charge is -2.31. The van der Waals surface area contributed by atoms with Crippen LogP contribution < -0.4 is 5.32 Å². The van der Waals surface area contributed by atoms with Gasteiger partial charge in [0.25, 0.3) is 5.91 Å². The van der Waals surface area contributed by atoms with Crippen LogP contribution >= 0.6 is 0 Å². The third kappa shape index (κ3) is 2.33. The van der Waals surface area contributed by atoms with Gasteiger partial charge >= 0.3 is 0 Å². The Balaban J connectivity index is 1.81. The molecular formula is C14H16N2O3. The second-order valence-electron chi connectivity index (χ2n) is 5.03. The Morgan fingerprint density at radius 1 is 1.47 bits per heavy atom. The Labute approximate surface area is 111 Å². The Morgan fingerprint density at radius 3 is 3.11 bits per heavy atom. The van der Waals surface area contributed by atoms with Gasteiger partial charge in [-0.2, -0.15) is 0 Å². The van der Waals surface area contributed by atoms with Crippen LogP contribution in [0.5, 0.6) is 0 Å². The highest BCUT2D eigenvalue weighted by molar-refractivity contribution is 6.02. The molecule has 2 heterocycles.